The lowest BCUT2D eigenvalue weighted by Crippen LogP contribution is -2.32. The smallest absolute Gasteiger partial charge is 0.295 e. The van der Waals surface area contributed by atoms with E-state index in [1.54, 1.807) is 29.2 Å². The predicted octanol–water partition coefficient (Wildman–Crippen LogP) is 4.64. The topological polar surface area (TPSA) is 70.1 Å². The van der Waals surface area contributed by atoms with Gasteiger partial charge >= 0.3 is 0 Å². The van der Waals surface area contributed by atoms with Crippen LogP contribution in [0.3, 0.4) is 0 Å². The third kappa shape index (κ3) is 5.61. The maximum Gasteiger partial charge on any atom is 0.295 e. The Morgan fingerprint density at radius 3 is 2.17 bits per heavy atom. The van der Waals surface area contributed by atoms with Gasteiger partial charge in [0.25, 0.3) is 11.7 Å². The van der Waals surface area contributed by atoms with Crippen LogP contribution < -0.4 is 4.74 Å². The molecule has 1 heterocycles. The molecule has 0 radical (unpaired) electrons. The van der Waals surface area contributed by atoms with E-state index in [9.17, 15) is 14.7 Å². The van der Waals surface area contributed by atoms with Crippen molar-refractivity contribution < 1.29 is 19.4 Å². The van der Waals surface area contributed by atoms with Gasteiger partial charge in [-0.3, -0.25) is 9.59 Å². The van der Waals surface area contributed by atoms with Gasteiger partial charge in [0.15, 0.2) is 0 Å². The van der Waals surface area contributed by atoms with Crippen LogP contribution in [0.4, 0.5) is 0 Å². The van der Waals surface area contributed by atoms with Crippen molar-refractivity contribution in [1.29, 1.82) is 0 Å². The van der Waals surface area contributed by atoms with E-state index in [-0.39, 0.29) is 11.3 Å². The third-order valence-electron chi connectivity index (χ3n) is 6.04. The van der Waals surface area contributed by atoms with Crippen LogP contribution in [0.5, 0.6) is 5.75 Å². The number of Topliss-reactive ketones (excluding diaryl/α,β-unsaturated/α-hetero) is 1. The molecule has 35 heavy (non-hydrogen) atoms. The van der Waals surface area contributed by atoms with Crippen molar-refractivity contribution in [2.75, 3.05) is 27.2 Å². The second kappa shape index (κ2) is 11.0. The fourth-order valence-corrected chi connectivity index (χ4v) is 4.26. The SMILES string of the molecule is CN(C)CCCN1C(=O)C(=O)/C(=C(/O)c2ccc(OCc3ccccc3)cc2)[C@H]1c1ccccc1. The summed E-state index contributed by atoms with van der Waals surface area (Å²) >= 11 is 0. The number of aliphatic hydroxyl groups excluding tert-OH is 1. The Hall–Kier alpha value is -3.90. The van der Waals surface area contributed by atoms with Crippen LogP contribution in [-0.2, 0) is 16.2 Å². The molecule has 0 unspecified atom stereocenters. The largest absolute Gasteiger partial charge is 0.507 e. The molecule has 1 amide bonds. The zero-order valence-corrected chi connectivity index (χ0v) is 20.1. The van der Waals surface area contributed by atoms with Gasteiger partial charge in [-0.15, -0.1) is 0 Å². The highest BCUT2D eigenvalue weighted by Crippen LogP contribution is 2.39. The first-order chi connectivity index (χ1) is 17.0. The number of nitrogens with zero attached hydrogens (tertiary/aromatic N) is 2. The molecular weight excluding hydrogens is 440 g/mol. The molecule has 3 aromatic carbocycles. The van der Waals surface area contributed by atoms with Crippen molar-refractivity contribution >= 4 is 17.4 Å². The Labute approximate surface area is 206 Å². The Morgan fingerprint density at radius 1 is 0.914 bits per heavy atom. The predicted molar refractivity (Wildman–Crippen MR) is 136 cm³/mol. The monoisotopic (exact) mass is 470 g/mol. The fourth-order valence-electron chi connectivity index (χ4n) is 4.26. The Morgan fingerprint density at radius 2 is 1.54 bits per heavy atom. The van der Waals surface area contributed by atoms with Crippen molar-refractivity contribution in [3.63, 3.8) is 0 Å². The zero-order valence-electron chi connectivity index (χ0n) is 20.1. The van der Waals surface area contributed by atoms with E-state index < -0.39 is 17.7 Å². The Bertz CT molecular complexity index is 1190. The van der Waals surface area contributed by atoms with Crippen LogP contribution in [0.25, 0.3) is 5.76 Å². The zero-order chi connectivity index (χ0) is 24.8. The van der Waals surface area contributed by atoms with E-state index in [2.05, 4.69) is 0 Å². The molecule has 0 aliphatic carbocycles. The maximum absolute atomic E-state index is 13.1. The number of rotatable bonds is 9. The first-order valence-corrected chi connectivity index (χ1v) is 11.7. The van der Waals surface area contributed by atoms with E-state index in [0.29, 0.717) is 24.5 Å². The Kier molecular flexibility index (Phi) is 7.63. The van der Waals surface area contributed by atoms with Gasteiger partial charge in [0, 0.05) is 12.1 Å². The summed E-state index contributed by atoms with van der Waals surface area (Å²) in [5.41, 5.74) is 2.42. The lowest BCUT2D eigenvalue weighted by Gasteiger charge is -2.26. The maximum atomic E-state index is 13.1. The van der Waals surface area contributed by atoms with Gasteiger partial charge in [-0.1, -0.05) is 60.7 Å². The van der Waals surface area contributed by atoms with Gasteiger partial charge in [-0.05, 0) is 62.5 Å². The molecule has 4 rings (SSSR count). The first-order valence-electron chi connectivity index (χ1n) is 11.7. The van der Waals surface area contributed by atoms with E-state index in [1.165, 1.54) is 0 Å². The van der Waals surface area contributed by atoms with Crippen LogP contribution >= 0.6 is 0 Å². The molecule has 1 fully saturated rings. The van der Waals surface area contributed by atoms with Gasteiger partial charge in [-0.25, -0.2) is 0 Å². The van der Waals surface area contributed by atoms with Crippen molar-refractivity contribution in [3.05, 3.63) is 107 Å². The molecule has 1 N–H and O–H groups in total. The quantitative estimate of drug-likeness (QED) is 0.280. The molecule has 1 aliphatic heterocycles. The van der Waals surface area contributed by atoms with Crippen molar-refractivity contribution in [2.24, 2.45) is 0 Å². The second-order valence-electron chi connectivity index (χ2n) is 8.86. The van der Waals surface area contributed by atoms with Gasteiger partial charge in [0.05, 0.1) is 11.6 Å². The molecule has 1 saturated heterocycles. The minimum atomic E-state index is -0.661. The summed E-state index contributed by atoms with van der Waals surface area (Å²) < 4.78 is 5.83. The summed E-state index contributed by atoms with van der Waals surface area (Å²) in [6, 6.07) is 25.5. The molecule has 1 atom stereocenters. The third-order valence-corrected chi connectivity index (χ3v) is 6.04. The number of likely N-dealkylation sites (tertiary alicyclic amines) is 1. The highest BCUT2D eigenvalue weighted by atomic mass is 16.5. The molecular formula is C29H30N2O4. The molecule has 3 aromatic rings. The normalized spacial score (nSPS) is 17.2. The van der Waals surface area contributed by atoms with Gasteiger partial charge in [0.2, 0.25) is 0 Å². The number of amides is 1. The van der Waals surface area contributed by atoms with Crippen LogP contribution in [0, 0.1) is 0 Å². The minimum absolute atomic E-state index is 0.115. The number of ether oxygens (including phenoxy) is 1. The molecule has 6 heteroatoms. The number of hydrogen-bond donors (Lipinski definition) is 1. The average molecular weight is 471 g/mol. The van der Waals surface area contributed by atoms with Crippen molar-refractivity contribution in [3.8, 4) is 5.75 Å². The lowest BCUT2D eigenvalue weighted by molar-refractivity contribution is -0.139. The molecule has 6 nitrogen and oxygen atoms in total. The van der Waals surface area contributed by atoms with E-state index in [1.807, 2.05) is 79.7 Å². The summed E-state index contributed by atoms with van der Waals surface area (Å²) in [5.74, 6) is -0.774. The number of benzene rings is 3. The van der Waals surface area contributed by atoms with Gasteiger partial charge < -0.3 is 19.6 Å². The standard InChI is InChI=1S/C29H30N2O4/c1-30(2)18-9-19-31-26(22-12-7-4-8-13-22)25(28(33)29(31)34)27(32)23-14-16-24(17-15-23)35-20-21-10-5-3-6-11-21/h3-8,10-17,26,32H,9,18-20H2,1-2H3/b27-25+/t26-/m1/s1. The summed E-state index contributed by atoms with van der Waals surface area (Å²) in [7, 11) is 3.94. The second-order valence-corrected chi connectivity index (χ2v) is 8.86. The van der Waals surface area contributed by atoms with Crippen LogP contribution in [0.1, 0.15) is 29.2 Å². The highest BCUT2D eigenvalue weighted by molar-refractivity contribution is 6.46. The number of carbonyl (C=O) groups is 2. The fraction of sp³-hybridized carbons (Fsp3) is 0.241. The first kappa shape index (κ1) is 24.2. The average Bonchev–Trinajstić information content (AvgIpc) is 3.13. The molecule has 1 aliphatic rings. The van der Waals surface area contributed by atoms with Crippen LogP contribution in [0.15, 0.2) is 90.5 Å². The highest BCUT2D eigenvalue weighted by Gasteiger charge is 2.45. The Balaban J connectivity index is 1.61. The number of aliphatic hydroxyl groups is 1. The van der Waals surface area contributed by atoms with E-state index >= 15 is 0 Å². The summed E-state index contributed by atoms with van der Waals surface area (Å²) in [5, 5.41) is 11.2. The molecule has 180 valence electrons. The van der Waals surface area contributed by atoms with E-state index in [4.69, 9.17) is 4.74 Å². The molecule has 0 bridgehead atoms. The molecule has 0 spiro atoms. The molecule has 0 saturated carbocycles. The summed E-state index contributed by atoms with van der Waals surface area (Å²) in [6.07, 6.45) is 0.719. The number of carbonyl (C=O) groups excluding carboxylic acids is 2. The number of hydrogen-bond acceptors (Lipinski definition) is 5. The van der Waals surface area contributed by atoms with Gasteiger partial charge in [-0.2, -0.15) is 0 Å². The summed E-state index contributed by atoms with van der Waals surface area (Å²) in [4.78, 5) is 29.7. The van der Waals surface area contributed by atoms with Crippen LogP contribution in [-0.4, -0.2) is 53.8 Å². The minimum Gasteiger partial charge on any atom is -0.507 e. The number of ketones is 1. The van der Waals surface area contributed by atoms with Crippen molar-refractivity contribution in [1.82, 2.24) is 9.80 Å². The van der Waals surface area contributed by atoms with Gasteiger partial charge in [0.1, 0.15) is 18.1 Å². The van der Waals surface area contributed by atoms with Crippen LogP contribution in [0.2, 0.25) is 0 Å². The lowest BCUT2D eigenvalue weighted by atomic mass is 9.95. The van der Waals surface area contributed by atoms with E-state index in [0.717, 1.165) is 24.1 Å². The molecule has 0 aromatic heterocycles. The van der Waals surface area contributed by atoms with Crippen molar-refractivity contribution in [2.45, 2.75) is 19.1 Å². The summed E-state index contributed by atoms with van der Waals surface area (Å²) in [6.45, 7) is 1.64.